The first-order valence-corrected chi connectivity index (χ1v) is 17.7. The van der Waals surface area contributed by atoms with Gasteiger partial charge in [0.1, 0.15) is 12.6 Å². The van der Waals surface area contributed by atoms with Crippen molar-refractivity contribution in [1.82, 2.24) is 0 Å². The zero-order valence-electron chi connectivity index (χ0n) is 29.1. The second-order valence-electron chi connectivity index (χ2n) is 13.1. The molecular weight excluding hydrogens is 558 g/mol. The summed E-state index contributed by atoms with van der Waals surface area (Å²) in [5.74, 6) is -1.75. The zero-order valence-corrected chi connectivity index (χ0v) is 29.1. The maximum absolute atomic E-state index is 12.6. The molecular formula is C36H67NO7. The van der Waals surface area contributed by atoms with E-state index in [4.69, 9.17) is 14.2 Å². The van der Waals surface area contributed by atoms with Gasteiger partial charge in [-0.25, -0.2) is 0 Å². The molecule has 258 valence electrons. The number of allylic oxidation sites excluding steroid dienone is 2. The highest BCUT2D eigenvalue weighted by Crippen LogP contribution is 2.13. The number of nitrogens with zero attached hydrogens (tertiary/aromatic N) is 1. The van der Waals surface area contributed by atoms with Gasteiger partial charge in [-0.05, 0) is 32.1 Å². The van der Waals surface area contributed by atoms with Crippen molar-refractivity contribution >= 4 is 17.9 Å². The van der Waals surface area contributed by atoms with Crippen LogP contribution in [0.2, 0.25) is 0 Å². The number of carboxylic acid groups (broad SMARTS) is 1. The number of unbranched alkanes of at least 4 members (excludes halogenated alkanes) is 15. The zero-order chi connectivity index (χ0) is 32.9. The smallest absolute Gasteiger partial charge is 0.306 e. The summed E-state index contributed by atoms with van der Waals surface area (Å²) in [5.41, 5.74) is 0. The topological polar surface area (TPSA) is 102 Å². The van der Waals surface area contributed by atoms with E-state index in [0.29, 0.717) is 12.8 Å². The Morgan fingerprint density at radius 3 is 1.70 bits per heavy atom. The molecule has 2 unspecified atom stereocenters. The van der Waals surface area contributed by atoms with E-state index < -0.39 is 18.1 Å². The highest BCUT2D eigenvalue weighted by Gasteiger charge is 2.25. The number of aliphatic carboxylic acids is 1. The van der Waals surface area contributed by atoms with Crippen molar-refractivity contribution in [3.8, 4) is 0 Å². The molecule has 0 spiro atoms. The lowest BCUT2D eigenvalue weighted by atomic mass is 10.1. The summed E-state index contributed by atoms with van der Waals surface area (Å²) in [5, 5.41) is 11.5. The Morgan fingerprint density at radius 2 is 1.16 bits per heavy atom. The molecule has 0 saturated heterocycles. The molecule has 0 amide bonds. The Morgan fingerprint density at radius 1 is 0.659 bits per heavy atom. The highest BCUT2D eigenvalue weighted by atomic mass is 16.6. The van der Waals surface area contributed by atoms with Crippen molar-refractivity contribution in [2.24, 2.45) is 0 Å². The number of hydrogen-bond donors (Lipinski definition) is 0. The van der Waals surface area contributed by atoms with E-state index in [1.54, 1.807) is 21.1 Å². The van der Waals surface area contributed by atoms with E-state index in [9.17, 15) is 19.5 Å². The predicted octanol–water partition coefficient (Wildman–Crippen LogP) is 7.07. The molecule has 8 heteroatoms. The molecule has 0 saturated carbocycles. The molecule has 0 rings (SSSR count). The minimum absolute atomic E-state index is 0.0414. The van der Waals surface area contributed by atoms with Crippen molar-refractivity contribution in [2.45, 2.75) is 161 Å². The minimum atomic E-state index is -1.13. The van der Waals surface area contributed by atoms with Crippen LogP contribution in [0.1, 0.15) is 149 Å². The van der Waals surface area contributed by atoms with Crippen LogP contribution in [-0.2, 0) is 28.6 Å². The number of carboxylic acids is 1. The number of carbonyl (C=O) groups is 3. The van der Waals surface area contributed by atoms with Gasteiger partial charge in [0.2, 0.25) is 0 Å². The van der Waals surface area contributed by atoms with Crippen LogP contribution in [-0.4, -0.2) is 75.5 Å². The number of quaternary nitrogens is 1. The number of esters is 2. The summed E-state index contributed by atoms with van der Waals surface area (Å²) in [6.07, 6.45) is 25.2. The lowest BCUT2D eigenvalue weighted by molar-refractivity contribution is -0.889. The molecule has 0 aromatic carbocycles. The third-order valence-corrected chi connectivity index (χ3v) is 7.90. The normalized spacial score (nSPS) is 13.2. The molecule has 0 N–H and O–H groups in total. The summed E-state index contributed by atoms with van der Waals surface area (Å²) in [6.45, 7) is 4.57. The van der Waals surface area contributed by atoms with Gasteiger partial charge in [-0.1, -0.05) is 109 Å². The minimum Gasteiger partial charge on any atom is -0.544 e. The fourth-order valence-electron chi connectivity index (χ4n) is 5.05. The van der Waals surface area contributed by atoms with E-state index in [2.05, 4.69) is 26.0 Å². The van der Waals surface area contributed by atoms with Crippen molar-refractivity contribution < 1.29 is 38.2 Å². The van der Waals surface area contributed by atoms with E-state index >= 15 is 0 Å². The van der Waals surface area contributed by atoms with Gasteiger partial charge in [0.05, 0.1) is 40.3 Å². The van der Waals surface area contributed by atoms with Crippen LogP contribution in [0.5, 0.6) is 0 Å². The average molecular weight is 626 g/mol. The standard InChI is InChI=1S/C36H67NO7/c1-6-8-10-12-14-16-18-20-22-24-26-34(38)43-31-32(30-42-29-28-33(36(40)41)37(3,4)5)44-35(39)27-25-23-21-19-17-15-13-11-9-7-2/h12,14,32-33H,6-11,13,15-31H2,1-5H3/b14-12+. The molecule has 0 fully saturated rings. The fourth-order valence-corrected chi connectivity index (χ4v) is 5.05. The lowest BCUT2D eigenvalue weighted by Gasteiger charge is -2.34. The summed E-state index contributed by atoms with van der Waals surface area (Å²) < 4.78 is 17.0. The highest BCUT2D eigenvalue weighted by molar-refractivity contribution is 5.70. The van der Waals surface area contributed by atoms with Crippen molar-refractivity contribution in [1.29, 1.82) is 0 Å². The molecule has 0 aromatic heterocycles. The average Bonchev–Trinajstić information content (AvgIpc) is 2.96. The molecule has 0 aromatic rings. The van der Waals surface area contributed by atoms with E-state index in [0.717, 1.165) is 57.8 Å². The van der Waals surface area contributed by atoms with Crippen LogP contribution in [0.3, 0.4) is 0 Å². The van der Waals surface area contributed by atoms with Gasteiger partial charge < -0.3 is 28.6 Å². The van der Waals surface area contributed by atoms with Gasteiger partial charge in [0.25, 0.3) is 0 Å². The van der Waals surface area contributed by atoms with Crippen molar-refractivity contribution in [3.63, 3.8) is 0 Å². The quantitative estimate of drug-likeness (QED) is 0.0351. The molecule has 0 radical (unpaired) electrons. The predicted molar refractivity (Wildman–Crippen MR) is 176 cm³/mol. The maximum atomic E-state index is 12.6. The van der Waals surface area contributed by atoms with Crippen molar-refractivity contribution in [3.05, 3.63) is 12.2 Å². The third kappa shape index (κ3) is 26.5. The SMILES string of the molecule is CCCC/C=C/CCCCCCC(=O)OCC(COCCC(C(=O)[O-])[N+](C)(C)C)OC(=O)CCCCCCCCCCCC. The van der Waals surface area contributed by atoms with Gasteiger partial charge in [-0.15, -0.1) is 0 Å². The summed E-state index contributed by atoms with van der Waals surface area (Å²) in [7, 11) is 5.39. The number of ether oxygens (including phenoxy) is 3. The Labute approximate surface area is 269 Å². The second-order valence-corrected chi connectivity index (χ2v) is 13.1. The Bertz CT molecular complexity index is 747. The van der Waals surface area contributed by atoms with Gasteiger partial charge in [0, 0.05) is 19.3 Å². The first-order valence-electron chi connectivity index (χ1n) is 17.7. The fraction of sp³-hybridized carbons (Fsp3) is 0.861. The van der Waals surface area contributed by atoms with Crippen LogP contribution < -0.4 is 5.11 Å². The number of carbonyl (C=O) groups excluding carboxylic acids is 3. The number of rotatable bonds is 31. The number of hydrogen-bond acceptors (Lipinski definition) is 7. The first-order chi connectivity index (χ1) is 21.1. The number of likely N-dealkylation sites (N-methyl/N-ethyl adjacent to an activating group) is 1. The third-order valence-electron chi connectivity index (χ3n) is 7.90. The molecule has 0 aliphatic rings. The maximum Gasteiger partial charge on any atom is 0.306 e. The van der Waals surface area contributed by atoms with Gasteiger partial charge >= 0.3 is 11.9 Å². The van der Waals surface area contributed by atoms with Gasteiger partial charge in [-0.2, -0.15) is 0 Å². The molecule has 0 aliphatic carbocycles. The molecule has 2 atom stereocenters. The second kappa shape index (κ2) is 28.5. The van der Waals surface area contributed by atoms with Gasteiger partial charge in [0.15, 0.2) is 6.10 Å². The molecule has 8 nitrogen and oxygen atoms in total. The largest absolute Gasteiger partial charge is 0.544 e. The molecule has 0 heterocycles. The van der Waals surface area contributed by atoms with E-state index in [1.165, 1.54) is 57.8 Å². The van der Waals surface area contributed by atoms with Crippen LogP contribution >= 0.6 is 0 Å². The summed E-state index contributed by atoms with van der Waals surface area (Å²) in [6, 6.07) is -0.720. The Kier molecular flexibility index (Phi) is 27.3. The summed E-state index contributed by atoms with van der Waals surface area (Å²) in [4.78, 5) is 36.4. The van der Waals surface area contributed by atoms with Crippen LogP contribution in [0.25, 0.3) is 0 Å². The monoisotopic (exact) mass is 625 g/mol. The van der Waals surface area contributed by atoms with E-state index in [1.807, 2.05) is 0 Å². The van der Waals surface area contributed by atoms with Crippen molar-refractivity contribution in [2.75, 3.05) is 41.0 Å². The van der Waals surface area contributed by atoms with Crippen LogP contribution in [0, 0.1) is 0 Å². The van der Waals surface area contributed by atoms with Crippen LogP contribution in [0.4, 0.5) is 0 Å². The van der Waals surface area contributed by atoms with Gasteiger partial charge in [-0.3, -0.25) is 9.59 Å². The molecule has 44 heavy (non-hydrogen) atoms. The van der Waals surface area contributed by atoms with E-state index in [-0.39, 0.29) is 42.7 Å². The summed E-state index contributed by atoms with van der Waals surface area (Å²) >= 11 is 0. The Balaban J connectivity index is 4.48. The first kappa shape index (κ1) is 42.1. The Hall–Kier alpha value is -1.93. The molecule has 0 bridgehead atoms. The lowest BCUT2D eigenvalue weighted by Crippen LogP contribution is -2.55. The molecule has 0 aliphatic heterocycles. The van der Waals surface area contributed by atoms with Crippen LogP contribution in [0.15, 0.2) is 12.2 Å².